The van der Waals surface area contributed by atoms with Crippen LogP contribution in [0.1, 0.15) is 12.5 Å². The molecule has 0 spiro atoms. The van der Waals surface area contributed by atoms with Crippen LogP contribution in [0.3, 0.4) is 0 Å². The first-order valence-electron chi connectivity index (χ1n) is 6.02. The van der Waals surface area contributed by atoms with Crippen LogP contribution in [-0.2, 0) is 6.42 Å². The maximum Gasteiger partial charge on any atom is 0.333 e. The maximum absolute atomic E-state index is 12.3. The first kappa shape index (κ1) is 11.9. The second-order valence-electron chi connectivity index (χ2n) is 4.25. The van der Waals surface area contributed by atoms with Gasteiger partial charge in [0, 0.05) is 0 Å². The normalized spacial score (nSPS) is 11.0. The van der Waals surface area contributed by atoms with Crippen molar-refractivity contribution in [3.8, 4) is 5.69 Å². The van der Waals surface area contributed by atoms with Crippen LogP contribution in [0.15, 0.2) is 45.3 Å². The molecule has 4 nitrogen and oxygen atoms in total. The third-order valence-electron chi connectivity index (χ3n) is 3.11. The summed E-state index contributed by atoms with van der Waals surface area (Å²) in [5.74, 6) is 0. The number of nitrogens with one attached hydrogen (secondary N) is 1. The van der Waals surface area contributed by atoms with Gasteiger partial charge in [-0.2, -0.15) is 0 Å². The van der Waals surface area contributed by atoms with Gasteiger partial charge in [0.05, 0.1) is 11.2 Å². The number of nitrogens with zero attached hydrogens (tertiary/aromatic N) is 1. The van der Waals surface area contributed by atoms with E-state index in [4.69, 9.17) is 0 Å². The zero-order valence-corrected chi connectivity index (χ0v) is 11.2. The summed E-state index contributed by atoms with van der Waals surface area (Å²) in [6.45, 7) is 2.06. The van der Waals surface area contributed by atoms with E-state index in [2.05, 4.69) is 11.9 Å². The molecule has 1 aromatic carbocycles. The molecule has 0 bridgehead atoms. The van der Waals surface area contributed by atoms with Gasteiger partial charge in [-0.05, 0) is 35.6 Å². The van der Waals surface area contributed by atoms with Crippen LogP contribution in [0.5, 0.6) is 0 Å². The van der Waals surface area contributed by atoms with Crippen LogP contribution in [0.25, 0.3) is 15.9 Å². The van der Waals surface area contributed by atoms with E-state index in [9.17, 15) is 9.59 Å². The highest BCUT2D eigenvalue weighted by molar-refractivity contribution is 7.17. The lowest BCUT2D eigenvalue weighted by molar-refractivity contribution is 0.903. The molecule has 0 aliphatic carbocycles. The van der Waals surface area contributed by atoms with E-state index in [1.54, 1.807) is 23.6 Å². The monoisotopic (exact) mass is 272 g/mol. The zero-order valence-electron chi connectivity index (χ0n) is 10.3. The van der Waals surface area contributed by atoms with Crippen LogP contribution < -0.4 is 11.2 Å². The quantitative estimate of drug-likeness (QED) is 0.778. The summed E-state index contributed by atoms with van der Waals surface area (Å²) in [7, 11) is 0. The fourth-order valence-electron chi connectivity index (χ4n) is 2.05. The van der Waals surface area contributed by atoms with Gasteiger partial charge in [0.25, 0.3) is 5.56 Å². The molecular weight excluding hydrogens is 260 g/mol. The topological polar surface area (TPSA) is 54.9 Å². The van der Waals surface area contributed by atoms with Crippen molar-refractivity contribution in [1.82, 2.24) is 9.55 Å². The number of aryl methyl sites for hydroxylation is 1. The molecule has 96 valence electrons. The highest BCUT2D eigenvalue weighted by Gasteiger charge is 2.10. The van der Waals surface area contributed by atoms with E-state index in [0.29, 0.717) is 15.9 Å². The molecular formula is C14H12N2O2S. The Hall–Kier alpha value is -2.14. The van der Waals surface area contributed by atoms with Gasteiger partial charge in [-0.15, -0.1) is 11.3 Å². The Balaban J connectivity index is 2.29. The average molecular weight is 272 g/mol. The number of fused-ring (bicyclic) bond motifs is 1. The molecule has 0 aliphatic rings. The van der Waals surface area contributed by atoms with E-state index in [1.807, 2.05) is 12.1 Å². The Morgan fingerprint density at radius 1 is 1.16 bits per heavy atom. The summed E-state index contributed by atoms with van der Waals surface area (Å²) in [5.41, 5.74) is 1.70. The highest BCUT2D eigenvalue weighted by atomic mass is 32.1. The van der Waals surface area contributed by atoms with Gasteiger partial charge < -0.3 is 4.98 Å². The summed E-state index contributed by atoms with van der Waals surface area (Å²) in [5, 5.41) is 1.80. The van der Waals surface area contributed by atoms with Gasteiger partial charge in [0.2, 0.25) is 0 Å². The Kier molecular flexibility index (Phi) is 2.83. The summed E-state index contributed by atoms with van der Waals surface area (Å²) >= 11 is 1.34. The Morgan fingerprint density at radius 2 is 1.89 bits per heavy atom. The van der Waals surface area contributed by atoms with Crippen LogP contribution in [0.2, 0.25) is 0 Å². The average Bonchev–Trinajstić information content (AvgIpc) is 2.88. The molecule has 3 aromatic rings. The minimum atomic E-state index is -0.403. The lowest BCUT2D eigenvalue weighted by atomic mass is 10.1. The molecule has 5 heteroatoms. The summed E-state index contributed by atoms with van der Waals surface area (Å²) in [6, 6.07) is 9.21. The fourth-order valence-corrected chi connectivity index (χ4v) is 2.83. The molecule has 1 N–H and O–H groups in total. The standard InChI is InChI=1S/C14H12N2O2S/c1-2-9-3-5-10(6-4-9)16-13(17)12-11(7-8-19-12)15-14(16)18/h3-8H,2H2,1H3,(H,15,18). The van der Waals surface area contributed by atoms with Gasteiger partial charge in [-0.1, -0.05) is 19.1 Å². The smallest absolute Gasteiger partial charge is 0.306 e. The third kappa shape index (κ3) is 1.92. The van der Waals surface area contributed by atoms with Crippen molar-refractivity contribution in [2.75, 3.05) is 0 Å². The van der Waals surface area contributed by atoms with E-state index in [-0.39, 0.29) is 5.56 Å². The van der Waals surface area contributed by atoms with Gasteiger partial charge in [0.15, 0.2) is 0 Å². The van der Waals surface area contributed by atoms with Crippen LogP contribution >= 0.6 is 11.3 Å². The van der Waals surface area contributed by atoms with Crippen molar-refractivity contribution in [2.24, 2.45) is 0 Å². The Morgan fingerprint density at radius 3 is 2.58 bits per heavy atom. The first-order chi connectivity index (χ1) is 9.20. The zero-order chi connectivity index (χ0) is 13.4. The largest absolute Gasteiger partial charge is 0.333 e. The number of aromatic nitrogens is 2. The van der Waals surface area contributed by atoms with E-state index >= 15 is 0 Å². The predicted molar refractivity (Wildman–Crippen MR) is 77.4 cm³/mol. The summed E-state index contributed by atoms with van der Waals surface area (Å²) in [6.07, 6.45) is 0.926. The number of H-pyrrole nitrogens is 1. The molecule has 2 heterocycles. The molecule has 0 saturated carbocycles. The Labute approximate surface area is 113 Å². The third-order valence-corrected chi connectivity index (χ3v) is 4.01. The van der Waals surface area contributed by atoms with Gasteiger partial charge >= 0.3 is 5.69 Å². The second-order valence-corrected chi connectivity index (χ2v) is 5.17. The van der Waals surface area contributed by atoms with Gasteiger partial charge in [-0.25, -0.2) is 9.36 Å². The summed E-state index contributed by atoms with van der Waals surface area (Å²) < 4.78 is 1.75. The van der Waals surface area contributed by atoms with E-state index in [1.165, 1.54) is 21.5 Å². The number of hydrogen-bond donors (Lipinski definition) is 1. The molecule has 0 unspecified atom stereocenters. The van der Waals surface area contributed by atoms with Crippen LogP contribution in [-0.4, -0.2) is 9.55 Å². The van der Waals surface area contributed by atoms with Gasteiger partial charge in [0.1, 0.15) is 4.70 Å². The molecule has 0 fully saturated rings. The molecule has 2 aromatic heterocycles. The number of rotatable bonds is 2. The lowest BCUT2D eigenvalue weighted by Gasteiger charge is -2.05. The number of aromatic amines is 1. The number of thiophene rings is 1. The first-order valence-corrected chi connectivity index (χ1v) is 6.90. The second kappa shape index (κ2) is 4.51. The van der Waals surface area contributed by atoms with Crippen molar-refractivity contribution >= 4 is 21.6 Å². The van der Waals surface area contributed by atoms with Gasteiger partial charge in [-0.3, -0.25) is 4.79 Å². The van der Waals surface area contributed by atoms with Crippen LogP contribution in [0.4, 0.5) is 0 Å². The molecule has 19 heavy (non-hydrogen) atoms. The van der Waals surface area contributed by atoms with Crippen molar-refractivity contribution in [3.63, 3.8) is 0 Å². The molecule has 0 atom stereocenters. The van der Waals surface area contributed by atoms with Crippen molar-refractivity contribution in [1.29, 1.82) is 0 Å². The minimum Gasteiger partial charge on any atom is -0.306 e. The van der Waals surface area contributed by atoms with Crippen molar-refractivity contribution in [3.05, 3.63) is 62.1 Å². The molecule has 0 amide bonds. The minimum absolute atomic E-state index is 0.266. The van der Waals surface area contributed by atoms with Crippen molar-refractivity contribution < 1.29 is 0 Å². The SMILES string of the molecule is CCc1ccc(-n2c(=O)[nH]c3ccsc3c2=O)cc1. The lowest BCUT2D eigenvalue weighted by Crippen LogP contribution is -2.32. The van der Waals surface area contributed by atoms with Crippen molar-refractivity contribution in [2.45, 2.75) is 13.3 Å². The highest BCUT2D eigenvalue weighted by Crippen LogP contribution is 2.14. The fraction of sp³-hybridized carbons (Fsp3) is 0.143. The molecule has 0 aliphatic heterocycles. The molecule has 0 radical (unpaired) electrons. The predicted octanol–water partition coefficient (Wildman–Crippen LogP) is 2.30. The number of hydrogen-bond acceptors (Lipinski definition) is 3. The molecule has 0 saturated heterocycles. The van der Waals surface area contributed by atoms with Crippen LogP contribution in [0, 0.1) is 0 Å². The summed E-state index contributed by atoms with van der Waals surface area (Å²) in [4.78, 5) is 27.1. The Bertz CT molecular complexity index is 840. The maximum atomic E-state index is 12.3. The molecule has 3 rings (SSSR count). The van der Waals surface area contributed by atoms with E-state index < -0.39 is 5.69 Å². The van der Waals surface area contributed by atoms with E-state index in [0.717, 1.165) is 6.42 Å². The number of benzene rings is 1.